The van der Waals surface area contributed by atoms with Crippen molar-refractivity contribution in [2.75, 3.05) is 44.2 Å². The number of pyridine rings is 1. The van der Waals surface area contributed by atoms with Gasteiger partial charge < -0.3 is 24.8 Å². The summed E-state index contributed by atoms with van der Waals surface area (Å²) in [4.78, 5) is 37.5. The van der Waals surface area contributed by atoms with Crippen LogP contribution in [-0.2, 0) is 24.8 Å². The van der Waals surface area contributed by atoms with E-state index in [4.69, 9.17) is 31.7 Å². The number of halogens is 1. The standard InChI is InChI=1S/C50H55ClN12O3/c1-32(64)62-23-18-47-43(31-62)49(41-5-3-4-34-24-46(53-28-42(34)41)36-27-54-59(2)30-36)58-63(47)38-16-19-60(20-17-38)29-33-14-21-61(22-15-33)48-13-12-45(56-57-48)50(65)55-37-7-10-39(11-8-37)66-40-9-6-35(26-52)44(51)25-40/h3-6,9,12-13,24-25,27-28,30,33,37-39H,7-8,10-11,14-23,29,31H2,1-2H3,(H,55,65). The summed E-state index contributed by atoms with van der Waals surface area (Å²) in [6.45, 7) is 7.91. The molecule has 1 saturated carbocycles. The fourth-order valence-corrected chi connectivity index (χ4v) is 10.6. The van der Waals surface area contributed by atoms with Crippen LogP contribution >= 0.6 is 11.6 Å². The average molecular weight is 908 g/mol. The Bertz CT molecular complexity index is 2780. The van der Waals surface area contributed by atoms with Gasteiger partial charge in [0.1, 0.15) is 11.8 Å². The van der Waals surface area contributed by atoms with Gasteiger partial charge in [0.2, 0.25) is 5.91 Å². The molecule has 4 aromatic heterocycles. The van der Waals surface area contributed by atoms with Crippen molar-refractivity contribution < 1.29 is 14.3 Å². The van der Waals surface area contributed by atoms with Crippen molar-refractivity contribution in [3.05, 3.63) is 101 Å². The van der Waals surface area contributed by atoms with Gasteiger partial charge in [-0.2, -0.15) is 15.5 Å². The van der Waals surface area contributed by atoms with Crippen molar-refractivity contribution in [1.29, 1.82) is 5.26 Å². The molecule has 2 aromatic carbocycles. The molecule has 0 spiro atoms. The first-order valence-electron chi connectivity index (χ1n) is 23.4. The smallest absolute Gasteiger partial charge is 0.272 e. The number of piperidine rings is 2. The minimum Gasteiger partial charge on any atom is -0.490 e. The number of benzene rings is 2. The average Bonchev–Trinajstić information content (AvgIpc) is 3.96. The van der Waals surface area contributed by atoms with E-state index < -0.39 is 0 Å². The zero-order valence-corrected chi connectivity index (χ0v) is 38.3. The molecule has 16 heteroatoms. The fraction of sp³-hybridized carbons (Fsp3) is 0.440. The lowest BCUT2D eigenvalue weighted by atomic mass is 9.92. The molecule has 0 radical (unpaired) electrons. The van der Waals surface area contributed by atoms with Crippen LogP contribution < -0.4 is 15.0 Å². The number of nitriles is 1. The van der Waals surface area contributed by atoms with Crippen LogP contribution in [-0.4, -0.2) is 108 Å². The Morgan fingerprint density at radius 1 is 0.924 bits per heavy atom. The summed E-state index contributed by atoms with van der Waals surface area (Å²) in [5, 5.41) is 33.4. The zero-order chi connectivity index (χ0) is 45.3. The number of amides is 2. The second-order valence-electron chi connectivity index (χ2n) is 18.5. The largest absolute Gasteiger partial charge is 0.490 e. The van der Waals surface area contributed by atoms with Gasteiger partial charge in [-0.25, -0.2) is 0 Å². The highest BCUT2D eigenvalue weighted by atomic mass is 35.5. The minimum atomic E-state index is -0.203. The van der Waals surface area contributed by atoms with Gasteiger partial charge in [-0.1, -0.05) is 29.8 Å². The number of carbonyl (C=O) groups is 2. The number of hydrogen-bond donors (Lipinski definition) is 1. The third kappa shape index (κ3) is 9.21. The molecule has 2 saturated heterocycles. The Morgan fingerprint density at radius 2 is 1.74 bits per heavy atom. The van der Waals surface area contributed by atoms with Gasteiger partial charge in [0.25, 0.3) is 5.91 Å². The molecule has 0 bridgehead atoms. The first-order valence-corrected chi connectivity index (χ1v) is 23.8. The topological polar surface area (TPSA) is 163 Å². The summed E-state index contributed by atoms with van der Waals surface area (Å²) in [6.07, 6.45) is 14.1. The van der Waals surface area contributed by atoms with Crippen molar-refractivity contribution >= 4 is 40.0 Å². The Balaban J connectivity index is 0.713. The van der Waals surface area contributed by atoms with E-state index in [1.165, 1.54) is 5.69 Å². The maximum atomic E-state index is 13.1. The van der Waals surface area contributed by atoms with E-state index in [9.17, 15) is 9.59 Å². The van der Waals surface area contributed by atoms with Crippen LogP contribution in [0.4, 0.5) is 5.82 Å². The first-order chi connectivity index (χ1) is 32.1. The number of ether oxygens (including phenoxy) is 1. The van der Waals surface area contributed by atoms with Crippen molar-refractivity contribution in [2.24, 2.45) is 13.0 Å². The number of carbonyl (C=O) groups excluding carboxylic acids is 2. The van der Waals surface area contributed by atoms with E-state index in [2.05, 4.69) is 65.4 Å². The molecule has 6 aromatic rings. The molecule has 2 amide bonds. The van der Waals surface area contributed by atoms with Gasteiger partial charge in [0.05, 0.1) is 40.3 Å². The van der Waals surface area contributed by atoms with E-state index in [0.717, 1.165) is 135 Å². The lowest BCUT2D eigenvalue weighted by Crippen LogP contribution is -2.42. The molecule has 10 rings (SSSR count). The normalized spacial score (nSPS) is 19.7. The number of hydrogen-bond acceptors (Lipinski definition) is 11. The van der Waals surface area contributed by atoms with Crippen LogP contribution in [0.1, 0.15) is 91.6 Å². The summed E-state index contributed by atoms with van der Waals surface area (Å²) in [6, 6.07) is 19.8. The van der Waals surface area contributed by atoms with Gasteiger partial charge in [-0.15, -0.1) is 10.2 Å². The third-order valence-electron chi connectivity index (χ3n) is 14.2. The summed E-state index contributed by atoms with van der Waals surface area (Å²) in [5.74, 6) is 1.97. The molecule has 3 aliphatic heterocycles. The van der Waals surface area contributed by atoms with Gasteiger partial charge in [-0.05, 0) is 93.0 Å². The summed E-state index contributed by atoms with van der Waals surface area (Å²) < 4.78 is 10.2. The SMILES string of the molecule is CC(=O)N1CCc2c(c(-c3cccc4cc(-c5cnn(C)c5)ncc34)nn2C2CCN(CC3CCN(c4ccc(C(=O)NC5CCC(Oc6ccc(C#N)c(Cl)c6)CC5)nn4)CC3)CC2)C1. The lowest BCUT2D eigenvalue weighted by molar-refractivity contribution is -0.129. The van der Waals surface area contributed by atoms with Crippen LogP contribution in [0.3, 0.4) is 0 Å². The molecule has 340 valence electrons. The second-order valence-corrected chi connectivity index (χ2v) is 18.9. The van der Waals surface area contributed by atoms with E-state index in [1.54, 1.807) is 35.9 Å². The minimum absolute atomic E-state index is 0.0306. The highest BCUT2D eigenvalue weighted by molar-refractivity contribution is 6.31. The predicted octanol–water partition coefficient (Wildman–Crippen LogP) is 7.39. The fourth-order valence-electron chi connectivity index (χ4n) is 10.4. The molecule has 4 aliphatic rings. The maximum Gasteiger partial charge on any atom is 0.272 e. The summed E-state index contributed by atoms with van der Waals surface area (Å²) >= 11 is 6.18. The van der Waals surface area contributed by atoms with Crippen LogP contribution in [0.2, 0.25) is 5.02 Å². The van der Waals surface area contributed by atoms with Crippen molar-refractivity contribution in [2.45, 2.75) is 89.4 Å². The van der Waals surface area contributed by atoms with Gasteiger partial charge in [0, 0.05) is 118 Å². The number of likely N-dealkylation sites (tertiary alicyclic amines) is 1. The quantitative estimate of drug-likeness (QED) is 0.146. The maximum absolute atomic E-state index is 13.1. The van der Waals surface area contributed by atoms with Crippen molar-refractivity contribution in [1.82, 2.24) is 49.9 Å². The number of nitrogens with zero attached hydrogens (tertiary/aromatic N) is 11. The van der Waals surface area contributed by atoms with Gasteiger partial charge in [0.15, 0.2) is 11.5 Å². The Kier molecular flexibility index (Phi) is 12.4. The number of fused-ring (bicyclic) bond motifs is 2. The summed E-state index contributed by atoms with van der Waals surface area (Å²) in [7, 11) is 1.91. The van der Waals surface area contributed by atoms with Crippen LogP contribution in [0, 0.1) is 17.2 Å². The molecule has 7 heterocycles. The number of aryl methyl sites for hydroxylation is 1. The molecule has 1 N–H and O–H groups in total. The van der Waals surface area contributed by atoms with E-state index in [-0.39, 0.29) is 24.0 Å². The molecule has 0 atom stereocenters. The predicted molar refractivity (Wildman–Crippen MR) is 252 cm³/mol. The van der Waals surface area contributed by atoms with Gasteiger partial charge >= 0.3 is 0 Å². The number of anilines is 1. The molecule has 0 unspecified atom stereocenters. The second kappa shape index (κ2) is 18.9. The molecule has 15 nitrogen and oxygen atoms in total. The molecule has 66 heavy (non-hydrogen) atoms. The highest BCUT2D eigenvalue weighted by Crippen LogP contribution is 2.38. The Hall–Kier alpha value is -6.37. The molecule has 3 fully saturated rings. The Labute approximate surface area is 389 Å². The van der Waals surface area contributed by atoms with Crippen molar-refractivity contribution in [3.63, 3.8) is 0 Å². The summed E-state index contributed by atoms with van der Waals surface area (Å²) in [5.41, 5.74) is 7.06. The van der Waals surface area contributed by atoms with E-state index in [1.807, 2.05) is 36.6 Å². The number of rotatable bonds is 10. The van der Waals surface area contributed by atoms with Crippen LogP contribution in [0.15, 0.2) is 73.2 Å². The molecule has 1 aliphatic carbocycles. The van der Waals surface area contributed by atoms with Crippen LogP contribution in [0.25, 0.3) is 33.3 Å². The number of aromatic nitrogens is 7. The lowest BCUT2D eigenvalue weighted by Gasteiger charge is -2.38. The highest BCUT2D eigenvalue weighted by Gasteiger charge is 2.33. The van der Waals surface area contributed by atoms with Crippen molar-refractivity contribution in [3.8, 4) is 34.3 Å². The Morgan fingerprint density at radius 3 is 2.45 bits per heavy atom. The van der Waals surface area contributed by atoms with Crippen LogP contribution in [0.5, 0.6) is 5.75 Å². The zero-order valence-electron chi connectivity index (χ0n) is 37.6. The van der Waals surface area contributed by atoms with Gasteiger partial charge in [-0.3, -0.25) is 23.9 Å². The first kappa shape index (κ1) is 43.5. The van der Waals surface area contributed by atoms with E-state index >= 15 is 0 Å². The molecular weight excluding hydrogens is 852 g/mol. The third-order valence-corrected chi connectivity index (χ3v) is 14.5. The van der Waals surface area contributed by atoms with E-state index in [0.29, 0.717) is 47.1 Å². The number of nitrogens with one attached hydrogen (secondary N) is 1. The molecular formula is C50H55ClN12O3. The monoisotopic (exact) mass is 906 g/mol.